The van der Waals surface area contributed by atoms with Crippen molar-refractivity contribution >= 4 is 0 Å². The molecule has 1 unspecified atom stereocenters. The molecule has 0 aliphatic carbocycles. The SMILES string of the molecule is CNC(CO)COCCOCCOCCOC. The minimum Gasteiger partial charge on any atom is -0.395 e. The first-order valence-electron chi connectivity index (χ1n) is 5.85. The molecule has 0 aliphatic rings. The lowest BCUT2D eigenvalue weighted by atomic mass is 10.3. The van der Waals surface area contributed by atoms with Gasteiger partial charge in [0, 0.05) is 7.11 Å². The number of likely N-dealkylation sites (N-methyl/N-ethyl adjacent to an activating group) is 1. The molecule has 0 saturated carbocycles. The molecule has 2 N–H and O–H groups in total. The van der Waals surface area contributed by atoms with Crippen LogP contribution in [0.15, 0.2) is 0 Å². The molecule has 0 radical (unpaired) electrons. The molecule has 0 rings (SSSR count). The summed E-state index contributed by atoms with van der Waals surface area (Å²) in [5.41, 5.74) is 0. The number of hydrogen-bond acceptors (Lipinski definition) is 6. The van der Waals surface area contributed by atoms with Crippen LogP contribution in [0.2, 0.25) is 0 Å². The second-order valence-electron chi connectivity index (χ2n) is 3.46. The Morgan fingerprint density at radius 1 is 0.941 bits per heavy atom. The van der Waals surface area contributed by atoms with Gasteiger partial charge in [0.25, 0.3) is 0 Å². The van der Waals surface area contributed by atoms with Gasteiger partial charge in [-0.3, -0.25) is 0 Å². The summed E-state index contributed by atoms with van der Waals surface area (Å²) in [6, 6.07) is -0.00706. The third-order valence-electron chi connectivity index (χ3n) is 2.12. The second-order valence-corrected chi connectivity index (χ2v) is 3.46. The lowest BCUT2D eigenvalue weighted by Gasteiger charge is -2.13. The van der Waals surface area contributed by atoms with Gasteiger partial charge in [-0.15, -0.1) is 0 Å². The molecule has 0 bridgehead atoms. The third kappa shape index (κ3) is 12.0. The fourth-order valence-electron chi connectivity index (χ4n) is 1.04. The topological polar surface area (TPSA) is 69.2 Å². The molecule has 0 aliphatic heterocycles. The van der Waals surface area contributed by atoms with E-state index in [9.17, 15) is 0 Å². The van der Waals surface area contributed by atoms with Crippen LogP contribution in [0.1, 0.15) is 0 Å². The molecule has 1 atom stereocenters. The van der Waals surface area contributed by atoms with Crippen LogP contribution in [0.5, 0.6) is 0 Å². The number of methoxy groups -OCH3 is 1. The Bertz CT molecular complexity index is 144. The van der Waals surface area contributed by atoms with Crippen molar-refractivity contribution in [3.8, 4) is 0 Å². The van der Waals surface area contributed by atoms with E-state index in [0.29, 0.717) is 46.2 Å². The highest BCUT2D eigenvalue weighted by molar-refractivity contribution is 4.59. The number of aliphatic hydroxyl groups is 1. The van der Waals surface area contributed by atoms with Crippen LogP contribution in [0, 0.1) is 0 Å². The van der Waals surface area contributed by atoms with Crippen molar-refractivity contribution in [2.45, 2.75) is 6.04 Å². The molecule has 6 nitrogen and oxygen atoms in total. The fraction of sp³-hybridized carbons (Fsp3) is 1.00. The standard InChI is InChI=1S/C11H25NO5/c1-12-11(9-13)10-17-8-7-16-6-5-15-4-3-14-2/h11-13H,3-10H2,1-2H3. The Kier molecular flexibility index (Phi) is 13.6. The number of aliphatic hydroxyl groups excluding tert-OH is 1. The summed E-state index contributed by atoms with van der Waals surface area (Å²) in [6.07, 6.45) is 0. The van der Waals surface area contributed by atoms with Crippen LogP contribution in [0.4, 0.5) is 0 Å². The maximum absolute atomic E-state index is 8.87. The highest BCUT2D eigenvalue weighted by Gasteiger charge is 2.02. The van der Waals surface area contributed by atoms with Crippen LogP contribution >= 0.6 is 0 Å². The summed E-state index contributed by atoms with van der Waals surface area (Å²) in [4.78, 5) is 0. The van der Waals surface area contributed by atoms with Crippen LogP contribution < -0.4 is 5.32 Å². The number of ether oxygens (including phenoxy) is 4. The van der Waals surface area contributed by atoms with Gasteiger partial charge in [-0.2, -0.15) is 0 Å². The normalized spacial score (nSPS) is 12.9. The van der Waals surface area contributed by atoms with Gasteiger partial charge in [-0.05, 0) is 7.05 Å². The Balaban J connectivity index is 3.03. The Morgan fingerprint density at radius 2 is 1.47 bits per heavy atom. The molecule has 0 saturated heterocycles. The molecule has 0 aromatic heterocycles. The van der Waals surface area contributed by atoms with Gasteiger partial charge < -0.3 is 29.4 Å². The first kappa shape index (κ1) is 16.8. The number of rotatable bonds is 13. The van der Waals surface area contributed by atoms with Crippen LogP contribution in [-0.2, 0) is 18.9 Å². The molecular formula is C11H25NO5. The van der Waals surface area contributed by atoms with E-state index in [2.05, 4.69) is 5.32 Å². The molecule has 0 aromatic rings. The third-order valence-corrected chi connectivity index (χ3v) is 2.12. The van der Waals surface area contributed by atoms with E-state index in [-0.39, 0.29) is 12.6 Å². The summed E-state index contributed by atoms with van der Waals surface area (Å²) in [7, 11) is 3.43. The molecule has 17 heavy (non-hydrogen) atoms. The van der Waals surface area contributed by atoms with Gasteiger partial charge in [-0.25, -0.2) is 0 Å². The summed E-state index contributed by atoms with van der Waals surface area (Å²) < 4.78 is 20.7. The highest BCUT2D eigenvalue weighted by Crippen LogP contribution is 1.85. The van der Waals surface area contributed by atoms with E-state index < -0.39 is 0 Å². The molecule has 104 valence electrons. The van der Waals surface area contributed by atoms with Crippen LogP contribution in [0.3, 0.4) is 0 Å². The number of nitrogens with one attached hydrogen (secondary N) is 1. The van der Waals surface area contributed by atoms with Gasteiger partial charge in [0.05, 0.1) is 58.9 Å². The Labute approximate surface area is 103 Å². The molecular weight excluding hydrogens is 226 g/mol. The van der Waals surface area contributed by atoms with Gasteiger partial charge in [0.1, 0.15) is 0 Å². The van der Waals surface area contributed by atoms with E-state index in [0.717, 1.165) is 0 Å². The molecule has 0 aromatic carbocycles. The summed E-state index contributed by atoms with van der Waals surface area (Å²) >= 11 is 0. The minimum atomic E-state index is -0.00706. The lowest BCUT2D eigenvalue weighted by Crippen LogP contribution is -2.34. The quantitative estimate of drug-likeness (QED) is 0.420. The van der Waals surface area contributed by atoms with Crippen LogP contribution in [-0.4, -0.2) is 78.2 Å². The Hall–Kier alpha value is -0.240. The van der Waals surface area contributed by atoms with E-state index >= 15 is 0 Å². The average molecular weight is 251 g/mol. The molecule has 0 fully saturated rings. The van der Waals surface area contributed by atoms with Gasteiger partial charge in [0.2, 0.25) is 0 Å². The summed E-state index contributed by atoms with van der Waals surface area (Å²) in [5, 5.41) is 11.8. The van der Waals surface area contributed by atoms with E-state index in [1.165, 1.54) is 0 Å². The first-order valence-corrected chi connectivity index (χ1v) is 5.85. The predicted molar refractivity (Wildman–Crippen MR) is 64.3 cm³/mol. The number of hydrogen-bond donors (Lipinski definition) is 2. The lowest BCUT2D eigenvalue weighted by molar-refractivity contribution is -0.00109. The van der Waals surface area contributed by atoms with Gasteiger partial charge >= 0.3 is 0 Å². The van der Waals surface area contributed by atoms with E-state index in [4.69, 9.17) is 24.1 Å². The zero-order chi connectivity index (χ0) is 12.8. The van der Waals surface area contributed by atoms with Crippen LogP contribution in [0.25, 0.3) is 0 Å². The summed E-state index contributed by atoms with van der Waals surface area (Å²) in [5.74, 6) is 0. The fourth-order valence-corrected chi connectivity index (χ4v) is 1.04. The monoisotopic (exact) mass is 251 g/mol. The van der Waals surface area contributed by atoms with Crippen molar-refractivity contribution in [3.05, 3.63) is 0 Å². The second kappa shape index (κ2) is 13.8. The van der Waals surface area contributed by atoms with Crippen molar-refractivity contribution in [1.29, 1.82) is 0 Å². The van der Waals surface area contributed by atoms with Crippen molar-refractivity contribution in [2.75, 3.05) is 67.0 Å². The van der Waals surface area contributed by atoms with E-state index in [1.807, 2.05) is 0 Å². The van der Waals surface area contributed by atoms with Crippen molar-refractivity contribution in [2.24, 2.45) is 0 Å². The highest BCUT2D eigenvalue weighted by atomic mass is 16.6. The minimum absolute atomic E-state index is 0.00706. The largest absolute Gasteiger partial charge is 0.395 e. The molecule has 6 heteroatoms. The summed E-state index contributed by atoms with van der Waals surface area (Å²) in [6.45, 7) is 3.95. The van der Waals surface area contributed by atoms with Gasteiger partial charge in [-0.1, -0.05) is 0 Å². The molecule has 0 amide bonds. The predicted octanol–water partition coefficient (Wildman–Crippen LogP) is -0.737. The molecule has 0 heterocycles. The maximum Gasteiger partial charge on any atom is 0.0701 e. The van der Waals surface area contributed by atoms with Crippen molar-refractivity contribution in [1.82, 2.24) is 5.32 Å². The zero-order valence-corrected chi connectivity index (χ0v) is 10.8. The average Bonchev–Trinajstić information content (AvgIpc) is 2.36. The van der Waals surface area contributed by atoms with E-state index in [1.54, 1.807) is 14.2 Å². The molecule has 0 spiro atoms. The Morgan fingerprint density at radius 3 is 1.94 bits per heavy atom. The van der Waals surface area contributed by atoms with Crippen molar-refractivity contribution in [3.63, 3.8) is 0 Å². The zero-order valence-electron chi connectivity index (χ0n) is 10.8. The first-order chi connectivity index (χ1) is 8.35. The smallest absolute Gasteiger partial charge is 0.0701 e. The maximum atomic E-state index is 8.87. The van der Waals surface area contributed by atoms with Gasteiger partial charge in [0.15, 0.2) is 0 Å². The van der Waals surface area contributed by atoms with Crippen molar-refractivity contribution < 1.29 is 24.1 Å².